The Hall–Kier alpha value is -1.14. The smallest absolute Gasteiger partial charge is 0.357 e. The largest absolute Gasteiger partial charge is 0.464 e. The van der Waals surface area contributed by atoms with Gasteiger partial charge in [-0.15, -0.1) is 11.3 Å². The lowest BCUT2D eigenvalue weighted by Gasteiger charge is -2.20. The average Bonchev–Trinajstić information content (AvgIpc) is 3.05. The summed E-state index contributed by atoms with van der Waals surface area (Å²) in [5.74, 6) is 0.204. The highest BCUT2D eigenvalue weighted by molar-refractivity contribution is 7.15. The molecule has 1 aromatic rings. The molecule has 20 heavy (non-hydrogen) atoms. The van der Waals surface area contributed by atoms with Gasteiger partial charge in [0.1, 0.15) is 0 Å². The maximum Gasteiger partial charge on any atom is 0.357 e. The molecule has 5 nitrogen and oxygen atoms in total. The molecule has 0 aromatic carbocycles. The number of ether oxygens (including phenoxy) is 1. The van der Waals surface area contributed by atoms with Gasteiger partial charge in [0.25, 0.3) is 0 Å². The maximum atomic E-state index is 11.5. The van der Waals surface area contributed by atoms with Crippen molar-refractivity contribution in [3.8, 4) is 0 Å². The highest BCUT2D eigenvalue weighted by Crippen LogP contribution is 2.23. The van der Waals surface area contributed by atoms with Crippen LogP contribution in [0.25, 0.3) is 0 Å². The lowest BCUT2D eigenvalue weighted by atomic mass is 10.2. The van der Waals surface area contributed by atoms with E-state index in [2.05, 4.69) is 22.1 Å². The van der Waals surface area contributed by atoms with Crippen molar-refractivity contribution >= 4 is 22.4 Å². The Morgan fingerprint density at radius 2 is 2.20 bits per heavy atom. The lowest BCUT2D eigenvalue weighted by molar-refractivity contribution is 0.0594. The molecule has 1 fully saturated rings. The predicted molar refractivity (Wildman–Crippen MR) is 81.5 cm³/mol. The van der Waals surface area contributed by atoms with Gasteiger partial charge >= 0.3 is 5.97 Å². The van der Waals surface area contributed by atoms with Crippen molar-refractivity contribution in [3.05, 3.63) is 10.6 Å². The van der Waals surface area contributed by atoms with E-state index in [4.69, 9.17) is 4.74 Å². The third-order valence-corrected chi connectivity index (χ3v) is 4.47. The second-order valence-corrected chi connectivity index (χ2v) is 6.61. The first-order valence-corrected chi connectivity index (χ1v) is 7.93. The summed E-state index contributed by atoms with van der Waals surface area (Å²) in [4.78, 5) is 19.2. The minimum Gasteiger partial charge on any atom is -0.464 e. The fourth-order valence-electron chi connectivity index (χ4n) is 2.49. The quantitative estimate of drug-likeness (QED) is 0.817. The molecule has 112 valence electrons. The predicted octanol–water partition coefficient (Wildman–Crippen LogP) is 2.38. The number of esters is 1. The molecule has 0 amide bonds. The second kappa shape index (κ2) is 7.04. The van der Waals surface area contributed by atoms with Crippen molar-refractivity contribution in [1.29, 1.82) is 0 Å². The zero-order valence-electron chi connectivity index (χ0n) is 12.4. The van der Waals surface area contributed by atoms with Crippen molar-refractivity contribution < 1.29 is 9.53 Å². The first kappa shape index (κ1) is 15.3. The highest BCUT2D eigenvalue weighted by atomic mass is 32.1. The van der Waals surface area contributed by atoms with Crippen LogP contribution in [-0.4, -0.2) is 49.1 Å². The number of aryl methyl sites for hydroxylation is 1. The Morgan fingerprint density at radius 1 is 1.50 bits per heavy atom. The number of anilines is 1. The van der Waals surface area contributed by atoms with Gasteiger partial charge in [0.2, 0.25) is 0 Å². The molecule has 0 bridgehead atoms. The molecule has 0 saturated carbocycles. The van der Waals surface area contributed by atoms with Gasteiger partial charge in [-0.2, -0.15) is 0 Å². The molecule has 0 spiro atoms. The minimum atomic E-state index is -0.364. The van der Waals surface area contributed by atoms with Crippen LogP contribution >= 0.6 is 11.3 Å². The number of thiazole rings is 1. The summed E-state index contributed by atoms with van der Waals surface area (Å²) in [6, 6.07) is 0. The van der Waals surface area contributed by atoms with E-state index >= 15 is 0 Å². The van der Waals surface area contributed by atoms with Crippen LogP contribution in [-0.2, 0) is 4.74 Å². The van der Waals surface area contributed by atoms with Gasteiger partial charge in [0.05, 0.1) is 7.11 Å². The lowest BCUT2D eigenvalue weighted by Crippen LogP contribution is -2.28. The van der Waals surface area contributed by atoms with E-state index in [1.807, 2.05) is 6.92 Å². The standard InChI is InChI=1S/C14H23N3O2S/c1-10(9-17-6-4-5-7-17)8-15-14-16-12(11(2)20-14)13(18)19-3/h10H,4-9H2,1-3H3,(H,15,16). The molecule has 1 aliphatic rings. The second-order valence-electron chi connectivity index (χ2n) is 5.41. The number of rotatable bonds is 6. The Balaban J connectivity index is 1.82. The monoisotopic (exact) mass is 297 g/mol. The fraction of sp³-hybridized carbons (Fsp3) is 0.714. The maximum absolute atomic E-state index is 11.5. The molecule has 0 aliphatic carbocycles. The molecule has 6 heteroatoms. The summed E-state index contributed by atoms with van der Waals surface area (Å²) in [7, 11) is 1.38. The van der Waals surface area contributed by atoms with Crippen molar-refractivity contribution in [2.75, 3.05) is 38.6 Å². The summed E-state index contributed by atoms with van der Waals surface area (Å²) in [6.07, 6.45) is 2.66. The first-order chi connectivity index (χ1) is 9.60. The minimum absolute atomic E-state index is 0.364. The van der Waals surface area contributed by atoms with Gasteiger partial charge in [-0.05, 0) is 38.8 Å². The van der Waals surface area contributed by atoms with E-state index in [0.717, 1.165) is 23.1 Å². The topological polar surface area (TPSA) is 54.5 Å². The van der Waals surface area contributed by atoms with Crippen LogP contribution in [0.5, 0.6) is 0 Å². The van der Waals surface area contributed by atoms with Gasteiger partial charge in [-0.3, -0.25) is 0 Å². The third kappa shape index (κ3) is 3.93. The third-order valence-electron chi connectivity index (χ3n) is 3.55. The Labute approximate surface area is 124 Å². The first-order valence-electron chi connectivity index (χ1n) is 7.12. The Morgan fingerprint density at radius 3 is 2.85 bits per heavy atom. The van der Waals surface area contributed by atoms with Crippen LogP contribution in [0.15, 0.2) is 0 Å². The molecule has 2 rings (SSSR count). The molecular formula is C14H23N3O2S. The van der Waals surface area contributed by atoms with E-state index in [9.17, 15) is 4.79 Å². The van der Waals surface area contributed by atoms with Crippen LogP contribution < -0.4 is 5.32 Å². The van der Waals surface area contributed by atoms with E-state index in [0.29, 0.717) is 11.6 Å². The number of nitrogens with zero attached hydrogens (tertiary/aromatic N) is 2. The van der Waals surface area contributed by atoms with Gasteiger partial charge in [0.15, 0.2) is 10.8 Å². The summed E-state index contributed by atoms with van der Waals surface area (Å²) in [5.41, 5.74) is 0.423. The summed E-state index contributed by atoms with van der Waals surface area (Å²) in [5, 5.41) is 4.13. The van der Waals surface area contributed by atoms with E-state index < -0.39 is 0 Å². The molecule has 1 aromatic heterocycles. The zero-order valence-corrected chi connectivity index (χ0v) is 13.3. The van der Waals surface area contributed by atoms with E-state index in [1.165, 1.54) is 44.4 Å². The molecule has 1 unspecified atom stereocenters. The normalized spacial score (nSPS) is 17.1. The number of aromatic nitrogens is 1. The zero-order chi connectivity index (χ0) is 14.5. The van der Waals surface area contributed by atoms with Gasteiger partial charge in [-0.1, -0.05) is 6.92 Å². The van der Waals surface area contributed by atoms with E-state index in [1.54, 1.807) is 0 Å². The molecule has 1 aliphatic heterocycles. The molecule has 0 radical (unpaired) electrons. The van der Waals surface area contributed by atoms with Crippen molar-refractivity contribution in [2.24, 2.45) is 5.92 Å². The van der Waals surface area contributed by atoms with Crippen molar-refractivity contribution in [2.45, 2.75) is 26.7 Å². The molecular weight excluding hydrogens is 274 g/mol. The van der Waals surface area contributed by atoms with Crippen LogP contribution in [0, 0.1) is 12.8 Å². The number of methoxy groups -OCH3 is 1. The average molecular weight is 297 g/mol. The number of likely N-dealkylation sites (tertiary alicyclic amines) is 1. The van der Waals surface area contributed by atoms with Crippen LogP contribution in [0.4, 0.5) is 5.13 Å². The van der Waals surface area contributed by atoms with Crippen LogP contribution in [0.2, 0.25) is 0 Å². The molecule has 1 N–H and O–H groups in total. The number of hydrogen-bond acceptors (Lipinski definition) is 6. The number of nitrogens with one attached hydrogen (secondary N) is 1. The highest BCUT2D eigenvalue weighted by Gasteiger charge is 2.17. The summed E-state index contributed by atoms with van der Waals surface area (Å²) >= 11 is 1.51. The Bertz CT molecular complexity index is 455. The summed E-state index contributed by atoms with van der Waals surface area (Å²) in [6.45, 7) is 8.60. The van der Waals surface area contributed by atoms with E-state index in [-0.39, 0.29) is 5.97 Å². The number of carbonyl (C=O) groups is 1. The Kier molecular flexibility index (Phi) is 5.37. The number of hydrogen-bond donors (Lipinski definition) is 1. The fourth-order valence-corrected chi connectivity index (χ4v) is 3.30. The van der Waals surface area contributed by atoms with Gasteiger partial charge in [0, 0.05) is 18.0 Å². The van der Waals surface area contributed by atoms with Crippen molar-refractivity contribution in [3.63, 3.8) is 0 Å². The van der Waals surface area contributed by atoms with Crippen LogP contribution in [0.3, 0.4) is 0 Å². The SMILES string of the molecule is COC(=O)c1nc(NCC(C)CN2CCCC2)sc1C. The number of carbonyl (C=O) groups excluding carboxylic acids is 1. The van der Waals surface area contributed by atoms with Crippen LogP contribution in [0.1, 0.15) is 35.1 Å². The summed E-state index contributed by atoms with van der Waals surface area (Å²) < 4.78 is 4.72. The van der Waals surface area contributed by atoms with Gasteiger partial charge < -0.3 is 15.0 Å². The van der Waals surface area contributed by atoms with Gasteiger partial charge in [-0.25, -0.2) is 9.78 Å². The molecule has 1 atom stereocenters. The van der Waals surface area contributed by atoms with Crippen molar-refractivity contribution in [1.82, 2.24) is 9.88 Å². The molecule has 2 heterocycles. The molecule has 1 saturated heterocycles.